The Balaban J connectivity index is 1.94. The number of amides is 1. The first kappa shape index (κ1) is 15.2. The van der Waals surface area contributed by atoms with Gasteiger partial charge in [0.25, 0.3) is 5.91 Å². The molecule has 0 bridgehead atoms. The molecule has 0 aliphatic carbocycles. The second-order valence-electron chi connectivity index (χ2n) is 4.79. The van der Waals surface area contributed by atoms with E-state index in [1.807, 2.05) is 0 Å². The predicted octanol–water partition coefficient (Wildman–Crippen LogP) is 1.30. The van der Waals surface area contributed by atoms with Crippen LogP contribution in [0, 0.1) is 0 Å². The number of carbonyl (C=O) groups excluding carboxylic acids is 1. The van der Waals surface area contributed by atoms with Gasteiger partial charge in [0, 0.05) is 17.2 Å². The average Bonchev–Trinajstić information content (AvgIpc) is 2.55. The maximum atomic E-state index is 12.0. The van der Waals surface area contributed by atoms with Crippen LogP contribution in [0.15, 0.2) is 50.6 Å². The van der Waals surface area contributed by atoms with E-state index < -0.39 is 11.1 Å². The van der Waals surface area contributed by atoms with E-state index in [1.54, 1.807) is 30.3 Å². The molecule has 0 atom stereocenters. The van der Waals surface area contributed by atoms with Gasteiger partial charge in [-0.1, -0.05) is 22.0 Å². The normalized spacial score (nSPS) is 10.7. The molecule has 0 spiro atoms. The number of H-pyrrole nitrogens is 2. The number of nitrogens with one attached hydrogen (secondary N) is 3. The van der Waals surface area contributed by atoms with Gasteiger partial charge in [-0.05, 0) is 29.8 Å². The molecule has 3 aromatic rings. The smallest absolute Gasteiger partial charge is 0.314 e. The summed E-state index contributed by atoms with van der Waals surface area (Å²) < 4.78 is 0.717. The second-order valence-corrected chi connectivity index (χ2v) is 5.71. The lowest BCUT2D eigenvalue weighted by atomic mass is 10.1. The fourth-order valence-corrected chi connectivity index (χ4v) is 2.67. The highest BCUT2D eigenvalue weighted by atomic mass is 79.9. The summed E-state index contributed by atoms with van der Waals surface area (Å²) in [4.78, 5) is 44.0. The molecule has 0 aliphatic heterocycles. The van der Waals surface area contributed by atoms with Gasteiger partial charge in [-0.15, -0.1) is 0 Å². The topological polar surface area (TPSA) is 108 Å². The number of halogens is 1. The molecule has 0 fully saturated rings. The highest BCUT2D eigenvalue weighted by molar-refractivity contribution is 9.10. The second kappa shape index (κ2) is 6.17. The number of nitrogens with zero attached hydrogens (tertiary/aromatic N) is 1. The summed E-state index contributed by atoms with van der Waals surface area (Å²) in [6, 6.07) is 8.48. The molecule has 0 radical (unpaired) electrons. The minimum atomic E-state index is -0.739. The highest BCUT2D eigenvalue weighted by Crippen LogP contribution is 2.20. The lowest BCUT2D eigenvalue weighted by Gasteiger charge is -2.09. The average molecular weight is 375 g/mol. The summed E-state index contributed by atoms with van der Waals surface area (Å²) >= 11 is 3.34. The van der Waals surface area contributed by atoms with E-state index in [1.165, 1.54) is 6.20 Å². The molecule has 3 N–H and O–H groups in total. The van der Waals surface area contributed by atoms with Crippen molar-refractivity contribution < 1.29 is 4.79 Å². The van der Waals surface area contributed by atoms with Gasteiger partial charge in [0.05, 0.1) is 11.0 Å². The zero-order valence-electron chi connectivity index (χ0n) is 11.7. The van der Waals surface area contributed by atoms with Crippen LogP contribution in [0.25, 0.3) is 11.0 Å². The van der Waals surface area contributed by atoms with E-state index in [0.717, 1.165) is 4.47 Å². The summed E-state index contributed by atoms with van der Waals surface area (Å²) in [6.45, 7) is 0.174. The minimum absolute atomic E-state index is 0.174. The number of aromatic amines is 2. The number of fused-ring (bicyclic) bond motifs is 1. The van der Waals surface area contributed by atoms with Crippen LogP contribution in [-0.2, 0) is 6.54 Å². The van der Waals surface area contributed by atoms with Gasteiger partial charge < -0.3 is 15.3 Å². The Morgan fingerprint density at radius 2 is 1.96 bits per heavy atom. The van der Waals surface area contributed by atoms with Crippen molar-refractivity contribution in [1.29, 1.82) is 0 Å². The van der Waals surface area contributed by atoms with Crippen LogP contribution in [0.1, 0.15) is 16.1 Å². The largest absolute Gasteiger partial charge is 0.347 e. The number of hydrogen-bond acceptors (Lipinski definition) is 4. The lowest BCUT2D eigenvalue weighted by Crippen LogP contribution is -2.30. The van der Waals surface area contributed by atoms with Gasteiger partial charge in [-0.25, -0.2) is 0 Å². The molecular formula is C15H11BrN4O3. The van der Waals surface area contributed by atoms with Crippen LogP contribution in [0.4, 0.5) is 0 Å². The van der Waals surface area contributed by atoms with Crippen molar-refractivity contribution in [3.8, 4) is 0 Å². The highest BCUT2D eigenvalue weighted by Gasteiger charge is 2.10. The van der Waals surface area contributed by atoms with Gasteiger partial charge in [0.2, 0.25) is 0 Å². The molecular weight excluding hydrogens is 364 g/mol. The molecule has 1 amide bonds. The van der Waals surface area contributed by atoms with Gasteiger partial charge in [-0.2, -0.15) is 0 Å². The van der Waals surface area contributed by atoms with Gasteiger partial charge in [0.15, 0.2) is 0 Å². The summed E-state index contributed by atoms with van der Waals surface area (Å²) in [7, 11) is 0. The maximum absolute atomic E-state index is 12.0. The van der Waals surface area contributed by atoms with Gasteiger partial charge >= 0.3 is 11.1 Å². The van der Waals surface area contributed by atoms with Gasteiger partial charge in [0.1, 0.15) is 5.69 Å². The Bertz CT molecular complexity index is 995. The fraction of sp³-hybridized carbons (Fsp3) is 0.0667. The lowest BCUT2D eigenvalue weighted by molar-refractivity contribution is 0.0946. The summed E-state index contributed by atoms with van der Waals surface area (Å²) in [5.74, 6) is -0.328. The Morgan fingerprint density at radius 1 is 1.17 bits per heavy atom. The minimum Gasteiger partial charge on any atom is -0.347 e. The molecule has 0 saturated carbocycles. The zero-order valence-corrected chi connectivity index (χ0v) is 13.3. The molecule has 1 aromatic carbocycles. The van der Waals surface area contributed by atoms with Crippen molar-refractivity contribution in [3.63, 3.8) is 0 Å². The van der Waals surface area contributed by atoms with Crippen molar-refractivity contribution >= 4 is 32.9 Å². The predicted molar refractivity (Wildman–Crippen MR) is 88.3 cm³/mol. The van der Waals surface area contributed by atoms with Crippen molar-refractivity contribution in [2.75, 3.05) is 0 Å². The molecule has 0 unspecified atom stereocenters. The molecule has 2 heterocycles. The van der Waals surface area contributed by atoms with Crippen LogP contribution in [0.5, 0.6) is 0 Å². The van der Waals surface area contributed by atoms with Crippen LogP contribution in [0.3, 0.4) is 0 Å². The fourth-order valence-electron chi connectivity index (χ4n) is 2.16. The van der Waals surface area contributed by atoms with E-state index in [4.69, 9.17) is 0 Å². The molecule has 116 valence electrons. The monoisotopic (exact) mass is 374 g/mol. The van der Waals surface area contributed by atoms with E-state index in [9.17, 15) is 14.4 Å². The first-order valence-corrected chi connectivity index (χ1v) is 7.48. The van der Waals surface area contributed by atoms with Crippen molar-refractivity contribution in [2.24, 2.45) is 0 Å². The van der Waals surface area contributed by atoms with Crippen LogP contribution < -0.4 is 16.4 Å². The van der Waals surface area contributed by atoms with Crippen LogP contribution >= 0.6 is 15.9 Å². The number of hydrogen-bond donors (Lipinski definition) is 3. The molecule has 2 aromatic heterocycles. The van der Waals surface area contributed by atoms with Crippen molar-refractivity contribution in [2.45, 2.75) is 6.54 Å². The molecule has 0 aliphatic rings. The first-order valence-electron chi connectivity index (χ1n) is 6.68. The third kappa shape index (κ3) is 3.21. The van der Waals surface area contributed by atoms with Gasteiger partial charge in [-0.3, -0.25) is 19.4 Å². The Morgan fingerprint density at radius 3 is 2.70 bits per heavy atom. The van der Waals surface area contributed by atoms with Crippen molar-refractivity contribution in [1.82, 2.24) is 20.3 Å². The standard InChI is InChI=1S/C15H11BrN4O3/c16-9-5-8(7-18-13(21)10-3-1-2-4-17-10)12-11(6-9)19-14(22)15(23)20-12/h1-6H,7H2,(H,18,21)(H,19,22)(H,20,23). The summed E-state index contributed by atoms with van der Waals surface area (Å²) in [5, 5.41) is 2.73. The van der Waals surface area contributed by atoms with E-state index in [-0.39, 0.29) is 12.5 Å². The molecule has 8 heteroatoms. The summed E-state index contributed by atoms with van der Waals surface area (Å²) in [6.07, 6.45) is 1.53. The zero-order chi connectivity index (χ0) is 16.4. The molecule has 3 rings (SSSR count). The first-order chi connectivity index (χ1) is 11.0. The SMILES string of the molecule is O=C(NCc1cc(Br)cc2[nH]c(=O)c(=O)[nH]c12)c1ccccn1. The Hall–Kier alpha value is -2.74. The number of benzene rings is 1. The third-order valence-electron chi connectivity index (χ3n) is 3.21. The van der Waals surface area contributed by atoms with Crippen molar-refractivity contribution in [3.05, 3.63) is 73.0 Å². The van der Waals surface area contributed by atoms with Crippen LogP contribution in [0.2, 0.25) is 0 Å². The number of aromatic nitrogens is 3. The molecule has 0 saturated heterocycles. The summed E-state index contributed by atoms with van der Waals surface area (Å²) in [5.41, 5.74) is 0.446. The van der Waals surface area contributed by atoms with E-state index in [2.05, 4.69) is 36.2 Å². The number of carbonyl (C=O) groups is 1. The number of pyridine rings is 1. The quantitative estimate of drug-likeness (QED) is 0.600. The number of rotatable bonds is 3. The van der Waals surface area contributed by atoms with E-state index in [0.29, 0.717) is 22.3 Å². The third-order valence-corrected chi connectivity index (χ3v) is 3.67. The van der Waals surface area contributed by atoms with Crippen LogP contribution in [-0.4, -0.2) is 20.9 Å². The molecule has 7 nitrogen and oxygen atoms in total. The maximum Gasteiger partial charge on any atom is 0.314 e. The Kier molecular flexibility index (Phi) is 4.07. The Labute approximate surface area is 137 Å². The molecule has 23 heavy (non-hydrogen) atoms. The van der Waals surface area contributed by atoms with E-state index >= 15 is 0 Å².